The highest BCUT2D eigenvalue weighted by Gasteiger charge is 2.48. The van der Waals surface area contributed by atoms with Gasteiger partial charge < -0.3 is 9.64 Å². The SMILES string of the molecule is CCc1ccccc1N1C[C@H](C(=O)Oc2ccc(N3C(=O)[C@H]4CCCC[C@@H]4C3=O)cc2)CC1=O. The Labute approximate surface area is 198 Å². The van der Waals surface area contributed by atoms with E-state index in [1.165, 1.54) is 4.90 Å². The number of hydrogen-bond acceptors (Lipinski definition) is 5. The third-order valence-electron chi connectivity index (χ3n) is 7.28. The molecule has 2 heterocycles. The van der Waals surface area contributed by atoms with Crippen LogP contribution in [0.15, 0.2) is 48.5 Å². The summed E-state index contributed by atoms with van der Waals surface area (Å²) in [7, 11) is 0. The first-order valence-electron chi connectivity index (χ1n) is 12.1. The minimum atomic E-state index is -0.554. The molecule has 176 valence electrons. The molecule has 0 unspecified atom stereocenters. The van der Waals surface area contributed by atoms with Crippen LogP contribution in [-0.4, -0.2) is 30.2 Å². The third-order valence-corrected chi connectivity index (χ3v) is 7.28. The van der Waals surface area contributed by atoms with Crippen LogP contribution in [0.4, 0.5) is 11.4 Å². The number of esters is 1. The molecule has 1 aliphatic carbocycles. The zero-order valence-corrected chi connectivity index (χ0v) is 19.2. The van der Waals surface area contributed by atoms with Crippen LogP contribution in [0.1, 0.15) is 44.6 Å². The molecule has 3 amide bonds. The number of aryl methyl sites for hydroxylation is 1. The lowest BCUT2D eigenvalue weighted by Crippen LogP contribution is -2.30. The van der Waals surface area contributed by atoms with E-state index in [1.807, 2.05) is 31.2 Å². The van der Waals surface area contributed by atoms with Crippen LogP contribution in [-0.2, 0) is 25.6 Å². The molecule has 2 aromatic carbocycles. The van der Waals surface area contributed by atoms with Crippen molar-refractivity contribution in [3.05, 3.63) is 54.1 Å². The Kier molecular flexibility index (Phi) is 5.94. The Hall–Kier alpha value is -3.48. The molecule has 0 bridgehead atoms. The van der Waals surface area contributed by atoms with Crippen LogP contribution >= 0.6 is 0 Å². The van der Waals surface area contributed by atoms with E-state index < -0.39 is 11.9 Å². The molecule has 5 rings (SSSR count). The summed E-state index contributed by atoms with van der Waals surface area (Å²) in [6, 6.07) is 14.2. The minimum Gasteiger partial charge on any atom is -0.426 e. The number of imide groups is 1. The fraction of sp³-hybridized carbons (Fsp3) is 0.407. The lowest BCUT2D eigenvalue weighted by atomic mass is 9.81. The van der Waals surface area contributed by atoms with Gasteiger partial charge in [-0.1, -0.05) is 38.0 Å². The number of para-hydroxylation sites is 1. The maximum absolute atomic E-state index is 12.8. The number of anilines is 2. The summed E-state index contributed by atoms with van der Waals surface area (Å²) < 4.78 is 5.55. The molecule has 1 saturated carbocycles. The van der Waals surface area contributed by atoms with Crippen LogP contribution < -0.4 is 14.5 Å². The fourth-order valence-corrected chi connectivity index (χ4v) is 5.45. The van der Waals surface area contributed by atoms with Crippen molar-refractivity contribution in [3.8, 4) is 5.75 Å². The summed E-state index contributed by atoms with van der Waals surface area (Å²) in [5, 5.41) is 0. The molecule has 7 heteroatoms. The monoisotopic (exact) mass is 460 g/mol. The van der Waals surface area contributed by atoms with E-state index in [9.17, 15) is 19.2 Å². The first kappa shape index (κ1) is 22.3. The highest BCUT2D eigenvalue weighted by Crippen LogP contribution is 2.40. The Morgan fingerprint density at radius 3 is 2.24 bits per heavy atom. The molecule has 0 spiro atoms. The van der Waals surface area contributed by atoms with Gasteiger partial charge in [0.25, 0.3) is 0 Å². The number of hydrogen-bond donors (Lipinski definition) is 0. The van der Waals surface area contributed by atoms with E-state index in [1.54, 1.807) is 29.2 Å². The van der Waals surface area contributed by atoms with Gasteiger partial charge in [0.1, 0.15) is 5.75 Å². The second kappa shape index (κ2) is 9.05. The van der Waals surface area contributed by atoms with Crippen LogP contribution in [0.25, 0.3) is 0 Å². The van der Waals surface area contributed by atoms with Gasteiger partial charge >= 0.3 is 5.97 Å². The first-order valence-corrected chi connectivity index (χ1v) is 12.1. The van der Waals surface area contributed by atoms with Gasteiger partial charge in [0, 0.05) is 18.7 Å². The summed E-state index contributed by atoms with van der Waals surface area (Å²) in [6.45, 7) is 2.32. The molecule has 3 atom stereocenters. The third kappa shape index (κ3) is 3.89. The van der Waals surface area contributed by atoms with Crippen molar-refractivity contribution in [1.82, 2.24) is 0 Å². The number of fused-ring (bicyclic) bond motifs is 1. The quantitative estimate of drug-likeness (QED) is 0.384. The summed E-state index contributed by atoms with van der Waals surface area (Å²) >= 11 is 0. The smallest absolute Gasteiger partial charge is 0.316 e. The lowest BCUT2D eigenvalue weighted by molar-refractivity contribution is -0.139. The molecule has 2 saturated heterocycles. The number of amides is 3. The van der Waals surface area contributed by atoms with Gasteiger partial charge in [-0.25, -0.2) is 0 Å². The lowest BCUT2D eigenvalue weighted by Gasteiger charge is -2.19. The molecular formula is C27H28N2O5. The molecule has 0 aromatic heterocycles. The maximum atomic E-state index is 12.8. The Bertz CT molecular complexity index is 1120. The zero-order valence-electron chi connectivity index (χ0n) is 19.2. The van der Waals surface area contributed by atoms with Crippen molar-refractivity contribution in [2.45, 2.75) is 45.4 Å². The first-order chi connectivity index (χ1) is 16.5. The van der Waals surface area contributed by atoms with Crippen molar-refractivity contribution in [1.29, 1.82) is 0 Å². The summed E-state index contributed by atoms with van der Waals surface area (Å²) in [5.41, 5.74) is 2.41. The molecule has 7 nitrogen and oxygen atoms in total. The number of carbonyl (C=O) groups is 4. The van der Waals surface area contributed by atoms with Crippen LogP contribution in [0.2, 0.25) is 0 Å². The largest absolute Gasteiger partial charge is 0.426 e. The molecular weight excluding hydrogens is 432 g/mol. The number of nitrogens with zero attached hydrogens (tertiary/aromatic N) is 2. The zero-order chi connectivity index (χ0) is 23.8. The Balaban J connectivity index is 1.25. The second-order valence-electron chi connectivity index (χ2n) is 9.31. The molecule has 3 fully saturated rings. The van der Waals surface area contributed by atoms with Crippen LogP contribution in [0.3, 0.4) is 0 Å². The average molecular weight is 461 g/mol. The average Bonchev–Trinajstić information content (AvgIpc) is 3.37. The summed E-state index contributed by atoms with van der Waals surface area (Å²) in [4.78, 5) is 53.9. The van der Waals surface area contributed by atoms with Crippen molar-refractivity contribution in [3.63, 3.8) is 0 Å². The van der Waals surface area contributed by atoms with E-state index >= 15 is 0 Å². The molecule has 2 aliphatic heterocycles. The predicted molar refractivity (Wildman–Crippen MR) is 126 cm³/mol. The number of benzene rings is 2. The Morgan fingerprint density at radius 2 is 1.59 bits per heavy atom. The van der Waals surface area contributed by atoms with Gasteiger partial charge in [0.2, 0.25) is 17.7 Å². The van der Waals surface area contributed by atoms with Crippen molar-refractivity contribution in [2.24, 2.45) is 17.8 Å². The van der Waals surface area contributed by atoms with Crippen LogP contribution in [0, 0.1) is 17.8 Å². The number of carbonyl (C=O) groups excluding carboxylic acids is 4. The molecule has 34 heavy (non-hydrogen) atoms. The van der Waals surface area contributed by atoms with E-state index in [4.69, 9.17) is 4.74 Å². The van der Waals surface area contributed by atoms with Gasteiger partial charge in [-0.2, -0.15) is 0 Å². The van der Waals surface area contributed by atoms with E-state index in [-0.39, 0.29) is 42.5 Å². The number of rotatable bonds is 5. The summed E-state index contributed by atoms with van der Waals surface area (Å²) in [5.74, 6) is -1.46. The van der Waals surface area contributed by atoms with Gasteiger partial charge in [-0.05, 0) is 55.2 Å². The maximum Gasteiger partial charge on any atom is 0.316 e. The molecule has 3 aliphatic rings. The molecule has 0 N–H and O–H groups in total. The predicted octanol–water partition coefficient (Wildman–Crippen LogP) is 3.89. The van der Waals surface area contributed by atoms with E-state index in [0.29, 0.717) is 11.4 Å². The van der Waals surface area contributed by atoms with E-state index in [2.05, 4.69) is 0 Å². The van der Waals surface area contributed by atoms with Crippen molar-refractivity contribution >= 4 is 35.1 Å². The fourth-order valence-electron chi connectivity index (χ4n) is 5.45. The minimum absolute atomic E-state index is 0.0919. The highest BCUT2D eigenvalue weighted by molar-refractivity contribution is 6.22. The summed E-state index contributed by atoms with van der Waals surface area (Å²) in [6.07, 6.45) is 4.39. The van der Waals surface area contributed by atoms with E-state index in [0.717, 1.165) is 43.4 Å². The highest BCUT2D eigenvalue weighted by atomic mass is 16.5. The normalized spacial score (nSPS) is 24.5. The van der Waals surface area contributed by atoms with Crippen molar-refractivity contribution < 1.29 is 23.9 Å². The molecule has 2 aromatic rings. The van der Waals surface area contributed by atoms with Crippen molar-refractivity contribution in [2.75, 3.05) is 16.3 Å². The van der Waals surface area contributed by atoms with Gasteiger partial charge in [0.15, 0.2) is 0 Å². The van der Waals surface area contributed by atoms with Crippen LogP contribution in [0.5, 0.6) is 5.75 Å². The Morgan fingerprint density at radius 1 is 0.941 bits per heavy atom. The van der Waals surface area contributed by atoms with Gasteiger partial charge in [-0.15, -0.1) is 0 Å². The topological polar surface area (TPSA) is 84.0 Å². The second-order valence-corrected chi connectivity index (χ2v) is 9.31. The molecule has 0 radical (unpaired) electrons. The number of ether oxygens (including phenoxy) is 1. The standard InChI is InChI=1S/C27H28N2O5/c1-2-17-7-3-6-10-23(17)28-16-18(15-24(28)30)27(33)34-20-13-11-19(12-14-20)29-25(31)21-8-4-5-9-22(21)26(29)32/h3,6-7,10-14,18,21-22H,2,4-5,8-9,15-16H2,1H3/t18-,21+,22+/m1/s1. The van der Waals surface area contributed by atoms with Gasteiger partial charge in [0.05, 0.1) is 23.4 Å². The van der Waals surface area contributed by atoms with Gasteiger partial charge in [-0.3, -0.25) is 24.1 Å².